The highest BCUT2D eigenvalue weighted by atomic mass is 15.4. The molecule has 0 bridgehead atoms. The maximum Gasteiger partial charge on any atom is 0.151 e. The van der Waals surface area contributed by atoms with Crippen LogP contribution >= 0.6 is 0 Å². The molecular weight excluding hydrogens is 214 g/mol. The standard InChI is InChI=1S/C12H19N5/c1-10-2-3-12(15-14-10)17-8-11(9-17)16-6-4-13-5-7-16/h2-3,11,13H,4-9H2,1H3. The fourth-order valence-electron chi connectivity index (χ4n) is 2.48. The topological polar surface area (TPSA) is 44.3 Å². The SMILES string of the molecule is Cc1ccc(N2CC(N3CCNCC3)C2)nn1. The fourth-order valence-corrected chi connectivity index (χ4v) is 2.48. The molecular formula is C12H19N5. The van der Waals surface area contributed by atoms with Crippen molar-refractivity contribution in [2.24, 2.45) is 0 Å². The van der Waals surface area contributed by atoms with Crippen LogP contribution in [-0.4, -0.2) is 60.4 Å². The summed E-state index contributed by atoms with van der Waals surface area (Å²) < 4.78 is 0. The molecule has 3 heterocycles. The second-order valence-electron chi connectivity index (χ2n) is 4.88. The molecule has 1 N–H and O–H groups in total. The lowest BCUT2D eigenvalue weighted by Gasteiger charge is -2.47. The van der Waals surface area contributed by atoms with Crippen molar-refractivity contribution >= 4 is 5.82 Å². The van der Waals surface area contributed by atoms with Gasteiger partial charge < -0.3 is 10.2 Å². The average Bonchev–Trinajstić information content (AvgIpc) is 2.31. The molecule has 1 aromatic heterocycles. The highest BCUT2D eigenvalue weighted by Gasteiger charge is 2.33. The van der Waals surface area contributed by atoms with E-state index in [4.69, 9.17) is 0 Å². The summed E-state index contributed by atoms with van der Waals surface area (Å²) in [6.45, 7) is 8.77. The van der Waals surface area contributed by atoms with Gasteiger partial charge in [0.25, 0.3) is 0 Å². The molecule has 5 heteroatoms. The molecule has 0 spiro atoms. The predicted molar refractivity (Wildman–Crippen MR) is 67.2 cm³/mol. The third-order valence-corrected chi connectivity index (χ3v) is 3.64. The van der Waals surface area contributed by atoms with Gasteiger partial charge in [-0.05, 0) is 19.1 Å². The summed E-state index contributed by atoms with van der Waals surface area (Å²) in [7, 11) is 0. The molecule has 2 fully saturated rings. The maximum absolute atomic E-state index is 4.22. The van der Waals surface area contributed by atoms with E-state index in [0.29, 0.717) is 6.04 Å². The third-order valence-electron chi connectivity index (χ3n) is 3.64. The van der Waals surface area contributed by atoms with Crippen LogP contribution in [-0.2, 0) is 0 Å². The van der Waals surface area contributed by atoms with Gasteiger partial charge in [0.2, 0.25) is 0 Å². The summed E-state index contributed by atoms with van der Waals surface area (Å²) in [5, 5.41) is 11.7. The Balaban J connectivity index is 1.55. The maximum atomic E-state index is 4.22. The lowest BCUT2D eigenvalue weighted by atomic mass is 10.1. The van der Waals surface area contributed by atoms with E-state index in [1.165, 1.54) is 13.1 Å². The van der Waals surface area contributed by atoms with Crippen LogP contribution in [0.15, 0.2) is 12.1 Å². The van der Waals surface area contributed by atoms with Crippen molar-refractivity contribution in [3.8, 4) is 0 Å². The summed E-state index contributed by atoms with van der Waals surface area (Å²) in [4.78, 5) is 4.88. The highest BCUT2D eigenvalue weighted by molar-refractivity contribution is 5.41. The molecule has 1 aromatic rings. The first kappa shape index (κ1) is 10.9. The van der Waals surface area contributed by atoms with Crippen LogP contribution in [0.25, 0.3) is 0 Å². The van der Waals surface area contributed by atoms with Crippen molar-refractivity contribution in [1.29, 1.82) is 0 Å². The van der Waals surface area contributed by atoms with E-state index < -0.39 is 0 Å². The van der Waals surface area contributed by atoms with Gasteiger partial charge in [0, 0.05) is 45.3 Å². The fraction of sp³-hybridized carbons (Fsp3) is 0.667. The zero-order valence-electron chi connectivity index (χ0n) is 10.3. The van der Waals surface area contributed by atoms with E-state index in [1.807, 2.05) is 13.0 Å². The molecule has 3 rings (SSSR count). The molecule has 0 atom stereocenters. The Labute approximate surface area is 102 Å². The molecule has 2 saturated heterocycles. The summed E-state index contributed by atoms with van der Waals surface area (Å²) >= 11 is 0. The zero-order valence-corrected chi connectivity index (χ0v) is 10.3. The summed E-state index contributed by atoms with van der Waals surface area (Å²) in [6, 6.07) is 4.80. The Bertz CT molecular complexity index is 365. The van der Waals surface area contributed by atoms with E-state index in [9.17, 15) is 0 Å². The van der Waals surface area contributed by atoms with Crippen LogP contribution in [0.5, 0.6) is 0 Å². The van der Waals surface area contributed by atoms with Gasteiger partial charge in [-0.1, -0.05) is 0 Å². The first-order valence-corrected chi connectivity index (χ1v) is 6.33. The van der Waals surface area contributed by atoms with Gasteiger partial charge in [0.05, 0.1) is 5.69 Å². The van der Waals surface area contributed by atoms with Crippen LogP contribution < -0.4 is 10.2 Å². The van der Waals surface area contributed by atoms with Gasteiger partial charge in [-0.2, -0.15) is 5.10 Å². The second kappa shape index (κ2) is 4.58. The van der Waals surface area contributed by atoms with Crippen molar-refractivity contribution < 1.29 is 0 Å². The Morgan fingerprint density at radius 2 is 1.94 bits per heavy atom. The number of nitrogens with zero attached hydrogens (tertiary/aromatic N) is 4. The Morgan fingerprint density at radius 3 is 2.59 bits per heavy atom. The minimum Gasteiger partial charge on any atom is -0.352 e. The van der Waals surface area contributed by atoms with Gasteiger partial charge in [-0.25, -0.2) is 0 Å². The largest absolute Gasteiger partial charge is 0.352 e. The van der Waals surface area contributed by atoms with Crippen LogP contribution in [0.3, 0.4) is 0 Å². The van der Waals surface area contributed by atoms with Crippen LogP contribution in [0.4, 0.5) is 5.82 Å². The molecule has 92 valence electrons. The van der Waals surface area contributed by atoms with Gasteiger partial charge in [-0.15, -0.1) is 5.10 Å². The number of aromatic nitrogens is 2. The van der Waals surface area contributed by atoms with Crippen LogP contribution in [0.1, 0.15) is 5.69 Å². The summed E-state index contributed by atoms with van der Waals surface area (Å²) in [6.07, 6.45) is 0. The molecule has 0 unspecified atom stereocenters. The molecule has 0 radical (unpaired) electrons. The van der Waals surface area contributed by atoms with Gasteiger partial charge >= 0.3 is 0 Å². The van der Waals surface area contributed by atoms with Gasteiger partial charge in [0.1, 0.15) is 0 Å². The first-order chi connectivity index (χ1) is 8.33. The summed E-state index contributed by atoms with van der Waals surface area (Å²) in [5.41, 5.74) is 0.980. The first-order valence-electron chi connectivity index (χ1n) is 6.33. The van der Waals surface area contributed by atoms with E-state index in [0.717, 1.165) is 37.7 Å². The van der Waals surface area contributed by atoms with Crippen molar-refractivity contribution in [2.75, 3.05) is 44.2 Å². The van der Waals surface area contributed by atoms with Crippen molar-refractivity contribution in [2.45, 2.75) is 13.0 Å². The van der Waals surface area contributed by atoms with Gasteiger partial charge in [0.15, 0.2) is 5.82 Å². The molecule has 17 heavy (non-hydrogen) atoms. The lowest BCUT2D eigenvalue weighted by molar-refractivity contribution is 0.147. The van der Waals surface area contributed by atoms with E-state index in [-0.39, 0.29) is 0 Å². The molecule has 2 aliphatic rings. The average molecular weight is 233 g/mol. The van der Waals surface area contributed by atoms with Gasteiger partial charge in [-0.3, -0.25) is 4.90 Å². The number of hydrogen-bond acceptors (Lipinski definition) is 5. The minimum absolute atomic E-state index is 0.709. The molecule has 0 saturated carbocycles. The monoisotopic (exact) mass is 233 g/mol. The zero-order chi connectivity index (χ0) is 11.7. The highest BCUT2D eigenvalue weighted by Crippen LogP contribution is 2.21. The quantitative estimate of drug-likeness (QED) is 0.771. The van der Waals surface area contributed by atoms with Crippen LogP contribution in [0, 0.1) is 6.92 Å². The Kier molecular flexibility index (Phi) is 2.94. The second-order valence-corrected chi connectivity index (χ2v) is 4.88. The van der Waals surface area contributed by atoms with Crippen molar-refractivity contribution in [1.82, 2.24) is 20.4 Å². The predicted octanol–water partition coefficient (Wildman–Crippen LogP) is -0.121. The smallest absolute Gasteiger partial charge is 0.151 e. The Hall–Kier alpha value is -1.20. The van der Waals surface area contributed by atoms with E-state index in [2.05, 4.69) is 31.4 Å². The van der Waals surface area contributed by atoms with Crippen molar-refractivity contribution in [3.05, 3.63) is 17.8 Å². The number of hydrogen-bond donors (Lipinski definition) is 1. The van der Waals surface area contributed by atoms with Crippen LogP contribution in [0.2, 0.25) is 0 Å². The number of piperazine rings is 1. The molecule has 0 aliphatic carbocycles. The minimum atomic E-state index is 0.709. The summed E-state index contributed by atoms with van der Waals surface area (Å²) in [5.74, 6) is 1.02. The molecule has 0 aromatic carbocycles. The van der Waals surface area contributed by atoms with E-state index >= 15 is 0 Å². The number of aryl methyl sites for hydroxylation is 1. The number of rotatable bonds is 2. The normalized spacial score (nSPS) is 22.5. The molecule has 5 nitrogen and oxygen atoms in total. The molecule has 2 aliphatic heterocycles. The molecule has 0 amide bonds. The van der Waals surface area contributed by atoms with Crippen molar-refractivity contribution in [3.63, 3.8) is 0 Å². The number of nitrogens with one attached hydrogen (secondary N) is 1. The Morgan fingerprint density at radius 1 is 1.18 bits per heavy atom. The lowest BCUT2D eigenvalue weighted by Crippen LogP contribution is -2.63. The third kappa shape index (κ3) is 2.25. The van der Waals surface area contributed by atoms with E-state index in [1.54, 1.807) is 0 Å². The number of anilines is 1.